The molecule has 1 atom stereocenters. The van der Waals surface area contributed by atoms with Crippen molar-refractivity contribution in [1.82, 2.24) is 20.1 Å². The molecule has 0 bridgehead atoms. The largest absolute Gasteiger partial charge is 0.494 e. The van der Waals surface area contributed by atoms with Gasteiger partial charge < -0.3 is 10.1 Å². The van der Waals surface area contributed by atoms with Crippen LogP contribution in [0, 0.1) is 0 Å². The van der Waals surface area contributed by atoms with E-state index in [4.69, 9.17) is 4.74 Å². The molecule has 0 saturated carbocycles. The minimum absolute atomic E-state index is 0.486. The lowest BCUT2D eigenvalue weighted by Gasteiger charge is -2.23. The van der Waals surface area contributed by atoms with Crippen molar-refractivity contribution < 1.29 is 4.74 Å². The van der Waals surface area contributed by atoms with Crippen LogP contribution in [0.2, 0.25) is 0 Å². The fourth-order valence-electron chi connectivity index (χ4n) is 3.23. The highest BCUT2D eigenvalue weighted by molar-refractivity contribution is 5.83. The van der Waals surface area contributed by atoms with Gasteiger partial charge in [0, 0.05) is 12.5 Å². The molecule has 24 heavy (non-hydrogen) atoms. The fraction of sp³-hybridized carbons (Fsp3) is 0.368. The molecule has 0 spiro atoms. The molecule has 1 aromatic heterocycles. The summed E-state index contributed by atoms with van der Waals surface area (Å²) in [6.07, 6.45) is 4.78. The number of benzene rings is 2. The second-order valence-corrected chi connectivity index (χ2v) is 6.26. The molecule has 1 aliphatic rings. The quantitative estimate of drug-likeness (QED) is 0.709. The first-order chi connectivity index (χ1) is 11.9. The summed E-state index contributed by atoms with van der Waals surface area (Å²) in [5, 5.41) is 10.3. The molecule has 5 nitrogen and oxygen atoms in total. The Balaban J connectivity index is 1.20. The molecule has 1 aliphatic heterocycles. The van der Waals surface area contributed by atoms with Crippen molar-refractivity contribution in [2.75, 3.05) is 13.2 Å². The number of aryl methyl sites for hydroxylation is 1. The predicted molar refractivity (Wildman–Crippen MR) is 94.2 cm³/mol. The van der Waals surface area contributed by atoms with Crippen molar-refractivity contribution in [3.63, 3.8) is 0 Å². The van der Waals surface area contributed by atoms with Crippen LogP contribution in [0.1, 0.15) is 18.7 Å². The number of nitrogens with zero attached hydrogens (tertiary/aromatic N) is 3. The first kappa shape index (κ1) is 15.1. The van der Waals surface area contributed by atoms with Crippen LogP contribution in [0.4, 0.5) is 0 Å². The minimum Gasteiger partial charge on any atom is -0.494 e. The second kappa shape index (κ2) is 7.01. The molecular weight excluding hydrogens is 300 g/mol. The van der Waals surface area contributed by atoms with E-state index in [1.54, 1.807) is 6.33 Å². The van der Waals surface area contributed by atoms with E-state index in [2.05, 4.69) is 51.8 Å². The maximum absolute atomic E-state index is 5.88. The average Bonchev–Trinajstić information content (AvgIpc) is 3.09. The average molecular weight is 322 g/mol. The fourth-order valence-corrected chi connectivity index (χ4v) is 3.23. The van der Waals surface area contributed by atoms with E-state index in [9.17, 15) is 0 Å². The Kier molecular flexibility index (Phi) is 4.42. The molecule has 3 aromatic rings. The third-order valence-electron chi connectivity index (χ3n) is 4.55. The highest BCUT2D eigenvalue weighted by Crippen LogP contribution is 2.20. The summed E-state index contributed by atoms with van der Waals surface area (Å²) in [6, 6.07) is 15.1. The van der Waals surface area contributed by atoms with Gasteiger partial charge in [0.05, 0.1) is 13.2 Å². The number of aromatic nitrogens is 3. The Bertz CT molecular complexity index is 814. The lowest BCUT2D eigenvalue weighted by molar-refractivity contribution is 0.295. The number of rotatable bonds is 6. The van der Waals surface area contributed by atoms with Gasteiger partial charge in [-0.1, -0.05) is 30.3 Å². The third kappa shape index (κ3) is 3.41. The van der Waals surface area contributed by atoms with E-state index < -0.39 is 0 Å². The molecule has 0 amide bonds. The smallest absolute Gasteiger partial charge is 0.138 e. The van der Waals surface area contributed by atoms with Crippen LogP contribution in [0.5, 0.6) is 5.75 Å². The van der Waals surface area contributed by atoms with Crippen molar-refractivity contribution >= 4 is 10.8 Å². The molecule has 2 heterocycles. The molecule has 0 saturated heterocycles. The highest BCUT2D eigenvalue weighted by atomic mass is 16.5. The standard InChI is InChI=1S/C19H22N4O/c1-2-5-16-12-18(8-6-15(16)4-1)24-11-3-10-20-17-7-9-19-21-14-22-23(19)13-17/h1-2,4-6,8,12,14,17,20H,3,7,9-11,13H2/t17-/m0/s1. The molecule has 1 N–H and O–H groups in total. The van der Waals surface area contributed by atoms with Crippen molar-refractivity contribution in [2.45, 2.75) is 31.8 Å². The summed E-state index contributed by atoms with van der Waals surface area (Å²) >= 11 is 0. The van der Waals surface area contributed by atoms with Crippen LogP contribution < -0.4 is 10.1 Å². The van der Waals surface area contributed by atoms with Gasteiger partial charge in [0.15, 0.2) is 0 Å². The summed E-state index contributed by atoms with van der Waals surface area (Å²) in [7, 11) is 0. The summed E-state index contributed by atoms with van der Waals surface area (Å²) in [6.45, 7) is 2.61. The van der Waals surface area contributed by atoms with Crippen LogP contribution >= 0.6 is 0 Å². The van der Waals surface area contributed by atoms with E-state index in [0.717, 1.165) is 50.5 Å². The normalized spacial score (nSPS) is 16.9. The maximum Gasteiger partial charge on any atom is 0.138 e. The molecule has 5 heteroatoms. The molecule has 2 aromatic carbocycles. The molecule has 0 fully saturated rings. The van der Waals surface area contributed by atoms with Gasteiger partial charge in [-0.25, -0.2) is 9.67 Å². The Hall–Kier alpha value is -2.40. The zero-order valence-electron chi connectivity index (χ0n) is 13.7. The Morgan fingerprint density at radius 2 is 2.08 bits per heavy atom. The highest BCUT2D eigenvalue weighted by Gasteiger charge is 2.18. The van der Waals surface area contributed by atoms with Crippen molar-refractivity contribution in [2.24, 2.45) is 0 Å². The molecule has 0 radical (unpaired) electrons. The van der Waals surface area contributed by atoms with E-state index in [0.29, 0.717) is 6.04 Å². The molecule has 4 rings (SSSR count). The van der Waals surface area contributed by atoms with Gasteiger partial charge in [-0.15, -0.1) is 0 Å². The topological polar surface area (TPSA) is 52.0 Å². The Labute approximate surface area is 141 Å². The number of hydrogen-bond acceptors (Lipinski definition) is 4. The summed E-state index contributed by atoms with van der Waals surface area (Å²) < 4.78 is 7.89. The minimum atomic E-state index is 0.486. The molecule has 0 unspecified atom stereocenters. The Morgan fingerprint density at radius 3 is 3.04 bits per heavy atom. The van der Waals surface area contributed by atoms with Gasteiger partial charge in [0.1, 0.15) is 17.9 Å². The molecular formula is C19H22N4O. The maximum atomic E-state index is 5.88. The number of ether oxygens (including phenoxy) is 1. The molecule has 0 aliphatic carbocycles. The monoisotopic (exact) mass is 322 g/mol. The van der Waals surface area contributed by atoms with Gasteiger partial charge in [-0.2, -0.15) is 5.10 Å². The second-order valence-electron chi connectivity index (χ2n) is 6.26. The van der Waals surface area contributed by atoms with Crippen molar-refractivity contribution in [3.8, 4) is 5.75 Å². The van der Waals surface area contributed by atoms with Crippen LogP contribution in [0.15, 0.2) is 48.8 Å². The van der Waals surface area contributed by atoms with Gasteiger partial charge in [0.2, 0.25) is 0 Å². The van der Waals surface area contributed by atoms with E-state index in [1.807, 2.05) is 10.7 Å². The van der Waals surface area contributed by atoms with Crippen LogP contribution in [0.25, 0.3) is 10.8 Å². The SMILES string of the molecule is c1ccc2cc(OCCCN[C@H]3CCc4ncnn4C3)ccc2c1. The van der Waals surface area contributed by atoms with E-state index in [-0.39, 0.29) is 0 Å². The zero-order valence-corrected chi connectivity index (χ0v) is 13.7. The lowest BCUT2D eigenvalue weighted by atomic mass is 10.1. The Morgan fingerprint density at radius 1 is 1.17 bits per heavy atom. The lowest BCUT2D eigenvalue weighted by Crippen LogP contribution is -2.38. The van der Waals surface area contributed by atoms with Crippen LogP contribution in [-0.2, 0) is 13.0 Å². The van der Waals surface area contributed by atoms with Gasteiger partial charge in [-0.05, 0) is 42.3 Å². The molecule has 124 valence electrons. The number of hydrogen-bond donors (Lipinski definition) is 1. The predicted octanol–water partition coefficient (Wildman–Crippen LogP) is 2.80. The third-order valence-corrected chi connectivity index (χ3v) is 4.55. The summed E-state index contributed by atoms with van der Waals surface area (Å²) in [4.78, 5) is 4.26. The first-order valence-electron chi connectivity index (χ1n) is 8.60. The zero-order chi connectivity index (χ0) is 16.2. The van der Waals surface area contributed by atoms with Crippen LogP contribution in [-0.4, -0.2) is 34.0 Å². The first-order valence-corrected chi connectivity index (χ1v) is 8.60. The van der Waals surface area contributed by atoms with Crippen molar-refractivity contribution in [3.05, 3.63) is 54.6 Å². The number of nitrogens with one attached hydrogen (secondary N) is 1. The number of fused-ring (bicyclic) bond motifs is 2. The van der Waals surface area contributed by atoms with E-state index >= 15 is 0 Å². The summed E-state index contributed by atoms with van der Waals surface area (Å²) in [5.74, 6) is 2.05. The van der Waals surface area contributed by atoms with Gasteiger partial charge >= 0.3 is 0 Å². The van der Waals surface area contributed by atoms with E-state index in [1.165, 1.54) is 10.8 Å². The van der Waals surface area contributed by atoms with Gasteiger partial charge in [0.25, 0.3) is 0 Å². The van der Waals surface area contributed by atoms with Gasteiger partial charge in [-0.3, -0.25) is 0 Å². The van der Waals surface area contributed by atoms with Crippen molar-refractivity contribution in [1.29, 1.82) is 0 Å². The van der Waals surface area contributed by atoms with Crippen LogP contribution in [0.3, 0.4) is 0 Å². The summed E-state index contributed by atoms with van der Waals surface area (Å²) in [5.41, 5.74) is 0.